The lowest BCUT2D eigenvalue weighted by Crippen LogP contribution is -2.19. The molecule has 2 amide bonds. The van der Waals surface area contributed by atoms with Crippen LogP contribution in [0.3, 0.4) is 0 Å². The molecule has 72 valence electrons. The van der Waals surface area contributed by atoms with E-state index in [1.807, 2.05) is 6.07 Å². The zero-order valence-corrected chi connectivity index (χ0v) is 7.57. The molecule has 0 atom stereocenters. The second-order valence-electron chi connectivity index (χ2n) is 2.52. The van der Waals surface area contributed by atoms with Gasteiger partial charge in [0, 0.05) is 6.07 Å². The summed E-state index contributed by atoms with van der Waals surface area (Å²) < 4.78 is 4.97. The molecule has 14 heavy (non-hydrogen) atoms. The van der Waals surface area contributed by atoms with Crippen LogP contribution in [-0.2, 0) is 0 Å². The summed E-state index contributed by atoms with van der Waals surface area (Å²) in [6.07, 6.45) is 0. The van der Waals surface area contributed by atoms with Crippen molar-refractivity contribution in [2.24, 2.45) is 5.73 Å². The molecule has 3 N–H and O–H groups in total. The van der Waals surface area contributed by atoms with E-state index in [1.165, 1.54) is 13.2 Å². The van der Waals surface area contributed by atoms with Crippen LogP contribution in [0, 0.1) is 11.3 Å². The summed E-state index contributed by atoms with van der Waals surface area (Å²) in [7, 11) is 1.45. The first-order valence-electron chi connectivity index (χ1n) is 3.82. The molecule has 0 aliphatic carbocycles. The van der Waals surface area contributed by atoms with Crippen LogP contribution in [0.15, 0.2) is 18.2 Å². The van der Waals surface area contributed by atoms with E-state index in [0.29, 0.717) is 17.0 Å². The van der Waals surface area contributed by atoms with Gasteiger partial charge in [-0.25, -0.2) is 4.79 Å². The van der Waals surface area contributed by atoms with Crippen LogP contribution in [-0.4, -0.2) is 13.1 Å². The van der Waals surface area contributed by atoms with Gasteiger partial charge in [0.05, 0.1) is 24.4 Å². The molecule has 0 aromatic heterocycles. The van der Waals surface area contributed by atoms with Gasteiger partial charge in [-0.2, -0.15) is 5.26 Å². The van der Waals surface area contributed by atoms with Gasteiger partial charge in [0.25, 0.3) is 0 Å². The SMILES string of the molecule is COc1cc(C#N)ccc1NC(N)=O. The van der Waals surface area contributed by atoms with Crippen LogP contribution >= 0.6 is 0 Å². The minimum absolute atomic E-state index is 0.405. The van der Waals surface area contributed by atoms with Gasteiger partial charge in [-0.05, 0) is 12.1 Å². The average Bonchev–Trinajstić information content (AvgIpc) is 2.17. The van der Waals surface area contributed by atoms with Crippen LogP contribution in [0.2, 0.25) is 0 Å². The van der Waals surface area contributed by atoms with E-state index in [-0.39, 0.29) is 0 Å². The normalized spacial score (nSPS) is 8.86. The Bertz CT molecular complexity index is 396. The van der Waals surface area contributed by atoms with E-state index >= 15 is 0 Å². The number of nitrogens with zero attached hydrogens (tertiary/aromatic N) is 1. The maximum absolute atomic E-state index is 10.6. The van der Waals surface area contributed by atoms with E-state index in [2.05, 4.69) is 5.32 Å². The molecule has 0 radical (unpaired) electrons. The molecule has 5 heteroatoms. The fraction of sp³-hybridized carbons (Fsp3) is 0.111. The number of hydrogen-bond acceptors (Lipinski definition) is 3. The number of anilines is 1. The van der Waals surface area contributed by atoms with E-state index in [0.717, 1.165) is 0 Å². The molecule has 0 saturated heterocycles. The molecular weight excluding hydrogens is 182 g/mol. The third-order valence-corrected chi connectivity index (χ3v) is 1.59. The summed E-state index contributed by atoms with van der Waals surface area (Å²) in [6.45, 7) is 0. The standard InChI is InChI=1S/C9H9N3O2/c1-14-8-4-6(5-10)2-3-7(8)12-9(11)13/h2-4H,1H3,(H3,11,12,13). The molecule has 0 fully saturated rings. The topological polar surface area (TPSA) is 88.1 Å². The number of rotatable bonds is 2. The van der Waals surface area contributed by atoms with Crippen LogP contribution in [0.5, 0.6) is 5.75 Å². The summed E-state index contributed by atoms with van der Waals surface area (Å²) in [6, 6.07) is 5.93. The third-order valence-electron chi connectivity index (χ3n) is 1.59. The molecule has 0 saturated carbocycles. The van der Waals surface area contributed by atoms with Crippen molar-refractivity contribution in [3.8, 4) is 11.8 Å². The Kier molecular flexibility index (Phi) is 2.92. The molecule has 0 bridgehead atoms. The number of benzene rings is 1. The molecule has 0 aliphatic heterocycles. The molecule has 5 nitrogen and oxygen atoms in total. The van der Waals surface area contributed by atoms with Gasteiger partial charge in [-0.1, -0.05) is 0 Å². The first-order valence-corrected chi connectivity index (χ1v) is 3.82. The summed E-state index contributed by atoms with van der Waals surface area (Å²) >= 11 is 0. The van der Waals surface area contributed by atoms with Gasteiger partial charge in [0.2, 0.25) is 0 Å². The van der Waals surface area contributed by atoms with Crippen molar-refractivity contribution in [1.29, 1.82) is 5.26 Å². The Morgan fingerprint density at radius 2 is 2.36 bits per heavy atom. The number of carbonyl (C=O) groups excluding carboxylic acids is 1. The maximum atomic E-state index is 10.6. The predicted octanol–water partition coefficient (Wildman–Crippen LogP) is 1.06. The lowest BCUT2D eigenvalue weighted by atomic mass is 10.2. The van der Waals surface area contributed by atoms with Crippen molar-refractivity contribution in [2.75, 3.05) is 12.4 Å². The highest BCUT2D eigenvalue weighted by Gasteiger charge is 2.05. The van der Waals surface area contributed by atoms with Gasteiger partial charge in [-0.3, -0.25) is 0 Å². The second kappa shape index (κ2) is 4.14. The Morgan fingerprint density at radius 3 is 2.86 bits per heavy atom. The zero-order valence-electron chi connectivity index (χ0n) is 7.57. The maximum Gasteiger partial charge on any atom is 0.316 e. The van der Waals surface area contributed by atoms with E-state index in [9.17, 15) is 4.79 Å². The Labute approximate surface area is 81.1 Å². The number of carbonyl (C=O) groups is 1. The van der Waals surface area contributed by atoms with Crippen molar-refractivity contribution in [3.05, 3.63) is 23.8 Å². The summed E-state index contributed by atoms with van der Waals surface area (Å²) in [4.78, 5) is 10.6. The van der Waals surface area contributed by atoms with Gasteiger partial charge in [0.15, 0.2) is 0 Å². The Hall–Kier alpha value is -2.22. The minimum Gasteiger partial charge on any atom is -0.495 e. The first kappa shape index (κ1) is 9.86. The number of urea groups is 1. The molecule has 0 spiro atoms. The van der Waals surface area contributed by atoms with Gasteiger partial charge in [0.1, 0.15) is 5.75 Å². The summed E-state index contributed by atoms with van der Waals surface area (Å²) in [5, 5.41) is 11.0. The number of nitrogens with two attached hydrogens (primary N) is 1. The van der Waals surface area contributed by atoms with Gasteiger partial charge in [-0.15, -0.1) is 0 Å². The molecule has 0 aliphatic rings. The molecular formula is C9H9N3O2. The van der Waals surface area contributed by atoms with E-state index < -0.39 is 6.03 Å². The largest absolute Gasteiger partial charge is 0.495 e. The Morgan fingerprint density at radius 1 is 1.64 bits per heavy atom. The van der Waals surface area contributed by atoms with Crippen LogP contribution in [0.1, 0.15) is 5.56 Å². The number of amides is 2. The fourth-order valence-electron chi connectivity index (χ4n) is 0.997. The van der Waals surface area contributed by atoms with Gasteiger partial charge >= 0.3 is 6.03 Å². The molecule has 1 rings (SSSR count). The highest BCUT2D eigenvalue weighted by atomic mass is 16.5. The monoisotopic (exact) mass is 191 g/mol. The average molecular weight is 191 g/mol. The quantitative estimate of drug-likeness (QED) is 0.732. The predicted molar refractivity (Wildman–Crippen MR) is 50.9 cm³/mol. The van der Waals surface area contributed by atoms with Gasteiger partial charge < -0.3 is 15.8 Å². The lowest BCUT2D eigenvalue weighted by Gasteiger charge is -2.07. The molecule has 0 unspecified atom stereocenters. The van der Waals surface area contributed by atoms with Crippen molar-refractivity contribution in [1.82, 2.24) is 0 Å². The summed E-state index contributed by atoms with van der Waals surface area (Å²) in [5.74, 6) is 0.405. The van der Waals surface area contributed by atoms with Crippen molar-refractivity contribution >= 4 is 11.7 Å². The zero-order chi connectivity index (χ0) is 10.6. The van der Waals surface area contributed by atoms with Crippen molar-refractivity contribution in [2.45, 2.75) is 0 Å². The Balaban J connectivity index is 3.06. The highest BCUT2D eigenvalue weighted by Crippen LogP contribution is 2.24. The third kappa shape index (κ3) is 2.14. The minimum atomic E-state index is -0.673. The van der Waals surface area contributed by atoms with Crippen molar-refractivity contribution in [3.63, 3.8) is 0 Å². The smallest absolute Gasteiger partial charge is 0.316 e. The van der Waals surface area contributed by atoms with Crippen molar-refractivity contribution < 1.29 is 9.53 Å². The van der Waals surface area contributed by atoms with E-state index in [1.54, 1.807) is 12.1 Å². The lowest BCUT2D eigenvalue weighted by molar-refractivity contribution is 0.259. The number of methoxy groups -OCH3 is 1. The first-order chi connectivity index (χ1) is 6.67. The molecule has 0 heterocycles. The number of ether oxygens (including phenoxy) is 1. The summed E-state index contributed by atoms with van der Waals surface area (Å²) in [5.41, 5.74) is 5.85. The highest BCUT2D eigenvalue weighted by molar-refractivity contribution is 5.89. The number of nitriles is 1. The fourth-order valence-corrected chi connectivity index (χ4v) is 0.997. The van der Waals surface area contributed by atoms with Crippen LogP contribution in [0.25, 0.3) is 0 Å². The number of hydrogen-bond donors (Lipinski definition) is 2. The van der Waals surface area contributed by atoms with Crippen LogP contribution in [0.4, 0.5) is 10.5 Å². The second-order valence-corrected chi connectivity index (χ2v) is 2.52. The van der Waals surface area contributed by atoms with Crippen LogP contribution < -0.4 is 15.8 Å². The molecule has 1 aromatic rings. The molecule has 1 aromatic carbocycles. The number of nitrogens with one attached hydrogen (secondary N) is 1. The van der Waals surface area contributed by atoms with E-state index in [4.69, 9.17) is 15.7 Å². The number of primary amides is 1.